The Balaban J connectivity index is 0.00000162. The van der Waals surface area contributed by atoms with Crippen LogP contribution in [0, 0.1) is 17.8 Å². The molecule has 1 unspecified atom stereocenters. The first-order chi connectivity index (χ1) is 8.28. The highest BCUT2D eigenvalue weighted by Gasteiger charge is 2.24. The van der Waals surface area contributed by atoms with E-state index < -0.39 is 0 Å². The summed E-state index contributed by atoms with van der Waals surface area (Å²) in [4.78, 5) is 2.73. The molecule has 3 heteroatoms. The fourth-order valence-electron chi connectivity index (χ4n) is 3.67. The van der Waals surface area contributed by atoms with E-state index in [1.54, 1.807) is 0 Å². The Morgan fingerprint density at radius 2 is 1.78 bits per heavy atom. The van der Waals surface area contributed by atoms with Gasteiger partial charge >= 0.3 is 0 Å². The summed E-state index contributed by atoms with van der Waals surface area (Å²) in [7, 11) is 0. The van der Waals surface area contributed by atoms with Crippen molar-refractivity contribution in [1.82, 2.24) is 4.90 Å². The number of piperidine rings is 1. The average molecular weight is 275 g/mol. The van der Waals surface area contributed by atoms with Gasteiger partial charge in [-0.3, -0.25) is 0 Å². The number of nitrogens with zero attached hydrogens (tertiary/aromatic N) is 1. The van der Waals surface area contributed by atoms with Gasteiger partial charge in [0.05, 0.1) is 0 Å². The molecule has 108 valence electrons. The Kier molecular flexibility index (Phi) is 7.59. The molecule has 2 N–H and O–H groups in total. The van der Waals surface area contributed by atoms with Crippen LogP contribution in [-0.4, -0.2) is 31.1 Å². The second-order valence-corrected chi connectivity index (χ2v) is 6.47. The van der Waals surface area contributed by atoms with Gasteiger partial charge in [-0.25, -0.2) is 0 Å². The Hall–Kier alpha value is 0.210. The summed E-state index contributed by atoms with van der Waals surface area (Å²) in [6.07, 6.45) is 9.91. The number of hydrogen-bond acceptors (Lipinski definition) is 2. The largest absolute Gasteiger partial charge is 0.330 e. The minimum Gasteiger partial charge on any atom is -0.330 e. The average Bonchev–Trinajstić information content (AvgIpc) is 2.33. The Morgan fingerprint density at radius 3 is 2.44 bits per heavy atom. The first-order valence-corrected chi connectivity index (χ1v) is 7.70. The quantitative estimate of drug-likeness (QED) is 0.852. The number of nitrogens with two attached hydrogens (primary N) is 1. The Labute approximate surface area is 119 Å². The third kappa shape index (κ3) is 5.07. The van der Waals surface area contributed by atoms with Crippen molar-refractivity contribution in [3.8, 4) is 0 Å². The Morgan fingerprint density at radius 1 is 1.06 bits per heavy atom. The molecule has 18 heavy (non-hydrogen) atoms. The molecule has 1 aliphatic heterocycles. The highest BCUT2D eigenvalue weighted by atomic mass is 35.5. The van der Waals surface area contributed by atoms with Crippen LogP contribution in [0.1, 0.15) is 51.9 Å². The second-order valence-electron chi connectivity index (χ2n) is 6.47. The van der Waals surface area contributed by atoms with E-state index in [-0.39, 0.29) is 12.4 Å². The van der Waals surface area contributed by atoms with Gasteiger partial charge in [0, 0.05) is 13.1 Å². The molecule has 2 aliphatic rings. The van der Waals surface area contributed by atoms with Gasteiger partial charge in [0.25, 0.3) is 0 Å². The lowest BCUT2D eigenvalue weighted by Gasteiger charge is -2.36. The van der Waals surface area contributed by atoms with Gasteiger partial charge in [-0.15, -0.1) is 12.4 Å². The van der Waals surface area contributed by atoms with E-state index >= 15 is 0 Å². The molecule has 1 atom stereocenters. The third-order valence-electron chi connectivity index (χ3n) is 4.83. The molecule has 0 aromatic carbocycles. The van der Waals surface area contributed by atoms with E-state index in [0.717, 1.165) is 24.3 Å². The van der Waals surface area contributed by atoms with Crippen molar-refractivity contribution in [1.29, 1.82) is 0 Å². The highest BCUT2D eigenvalue weighted by Crippen LogP contribution is 2.30. The van der Waals surface area contributed by atoms with Gasteiger partial charge in [-0.1, -0.05) is 19.8 Å². The SMILES string of the molecule is CC1CCC(CN2CCCC(CCN)C2)CC1.Cl. The van der Waals surface area contributed by atoms with Crippen LogP contribution in [0.5, 0.6) is 0 Å². The van der Waals surface area contributed by atoms with E-state index in [1.165, 1.54) is 64.6 Å². The number of rotatable bonds is 4. The number of hydrogen-bond donors (Lipinski definition) is 1. The maximum absolute atomic E-state index is 5.69. The van der Waals surface area contributed by atoms with Gasteiger partial charge < -0.3 is 10.6 Å². The maximum atomic E-state index is 5.69. The van der Waals surface area contributed by atoms with E-state index in [2.05, 4.69) is 11.8 Å². The molecule has 0 aromatic rings. The molecule has 0 spiro atoms. The third-order valence-corrected chi connectivity index (χ3v) is 4.83. The van der Waals surface area contributed by atoms with Crippen molar-refractivity contribution in [3.63, 3.8) is 0 Å². The van der Waals surface area contributed by atoms with Crippen LogP contribution < -0.4 is 5.73 Å². The molecule has 1 heterocycles. The minimum absolute atomic E-state index is 0. The van der Waals surface area contributed by atoms with Crippen LogP contribution in [0.3, 0.4) is 0 Å². The smallest absolute Gasteiger partial charge is 0.00103 e. The van der Waals surface area contributed by atoms with Crippen LogP contribution >= 0.6 is 12.4 Å². The molecule has 1 saturated heterocycles. The fourth-order valence-corrected chi connectivity index (χ4v) is 3.67. The van der Waals surface area contributed by atoms with E-state index in [4.69, 9.17) is 5.73 Å². The van der Waals surface area contributed by atoms with Crippen molar-refractivity contribution >= 4 is 12.4 Å². The molecule has 0 aromatic heterocycles. The molecule has 2 fully saturated rings. The van der Waals surface area contributed by atoms with Gasteiger partial charge in [0.2, 0.25) is 0 Å². The van der Waals surface area contributed by atoms with Gasteiger partial charge in [-0.05, 0) is 62.9 Å². The first kappa shape index (κ1) is 16.3. The molecular weight excluding hydrogens is 244 g/mol. The summed E-state index contributed by atoms with van der Waals surface area (Å²) < 4.78 is 0. The predicted octanol–water partition coefficient (Wildman–Crippen LogP) is 3.30. The standard InChI is InChI=1S/C15H30N2.ClH/c1-13-4-6-15(7-5-13)12-17-10-2-3-14(11-17)8-9-16;/h13-15H,2-12,16H2,1H3;1H. The molecule has 2 rings (SSSR count). The molecular formula is C15H31ClN2. The van der Waals surface area contributed by atoms with Gasteiger partial charge in [0.15, 0.2) is 0 Å². The predicted molar refractivity (Wildman–Crippen MR) is 81.2 cm³/mol. The van der Waals surface area contributed by atoms with Crippen LogP contribution in [0.25, 0.3) is 0 Å². The number of halogens is 1. The van der Waals surface area contributed by atoms with Crippen LogP contribution in [0.2, 0.25) is 0 Å². The fraction of sp³-hybridized carbons (Fsp3) is 1.00. The summed E-state index contributed by atoms with van der Waals surface area (Å²) >= 11 is 0. The second kappa shape index (κ2) is 8.39. The number of likely N-dealkylation sites (tertiary alicyclic amines) is 1. The van der Waals surface area contributed by atoms with Gasteiger partial charge in [0.1, 0.15) is 0 Å². The van der Waals surface area contributed by atoms with Crippen molar-refractivity contribution in [3.05, 3.63) is 0 Å². The summed E-state index contributed by atoms with van der Waals surface area (Å²) in [6.45, 7) is 7.32. The molecule has 0 amide bonds. The van der Waals surface area contributed by atoms with E-state index in [1.807, 2.05) is 0 Å². The van der Waals surface area contributed by atoms with E-state index in [0.29, 0.717) is 0 Å². The van der Waals surface area contributed by atoms with Crippen LogP contribution in [0.15, 0.2) is 0 Å². The summed E-state index contributed by atoms with van der Waals surface area (Å²) in [5, 5.41) is 0. The van der Waals surface area contributed by atoms with Crippen molar-refractivity contribution in [2.75, 3.05) is 26.2 Å². The zero-order chi connectivity index (χ0) is 12.1. The van der Waals surface area contributed by atoms with Crippen molar-refractivity contribution in [2.24, 2.45) is 23.5 Å². The minimum atomic E-state index is 0. The van der Waals surface area contributed by atoms with Crippen LogP contribution in [-0.2, 0) is 0 Å². The van der Waals surface area contributed by atoms with E-state index in [9.17, 15) is 0 Å². The Bertz CT molecular complexity index is 213. The summed E-state index contributed by atoms with van der Waals surface area (Å²) in [6, 6.07) is 0. The van der Waals surface area contributed by atoms with Crippen LogP contribution in [0.4, 0.5) is 0 Å². The first-order valence-electron chi connectivity index (χ1n) is 7.70. The normalized spacial score (nSPS) is 34.0. The lowest BCUT2D eigenvalue weighted by molar-refractivity contribution is 0.128. The molecule has 1 aliphatic carbocycles. The summed E-state index contributed by atoms with van der Waals surface area (Å²) in [5.74, 6) is 2.86. The molecule has 2 nitrogen and oxygen atoms in total. The molecule has 0 bridgehead atoms. The topological polar surface area (TPSA) is 29.3 Å². The van der Waals surface area contributed by atoms with Crippen molar-refractivity contribution < 1.29 is 0 Å². The highest BCUT2D eigenvalue weighted by molar-refractivity contribution is 5.85. The van der Waals surface area contributed by atoms with Crippen molar-refractivity contribution in [2.45, 2.75) is 51.9 Å². The molecule has 0 radical (unpaired) electrons. The lowest BCUT2D eigenvalue weighted by Crippen LogP contribution is -2.39. The maximum Gasteiger partial charge on any atom is 0.00103 e. The van der Waals surface area contributed by atoms with Gasteiger partial charge in [-0.2, -0.15) is 0 Å². The zero-order valence-electron chi connectivity index (χ0n) is 11.9. The zero-order valence-corrected chi connectivity index (χ0v) is 12.8. The monoisotopic (exact) mass is 274 g/mol. The summed E-state index contributed by atoms with van der Waals surface area (Å²) in [5.41, 5.74) is 5.69. The lowest BCUT2D eigenvalue weighted by atomic mass is 9.82. The molecule has 1 saturated carbocycles.